The lowest BCUT2D eigenvalue weighted by molar-refractivity contribution is -0.115. The lowest BCUT2D eigenvalue weighted by Crippen LogP contribution is -2.16. The van der Waals surface area contributed by atoms with Crippen LogP contribution in [0.2, 0.25) is 0 Å². The summed E-state index contributed by atoms with van der Waals surface area (Å²) >= 11 is 1.61. The van der Waals surface area contributed by atoms with Crippen molar-refractivity contribution in [2.45, 2.75) is 31.6 Å². The molecule has 2 N–H and O–H groups in total. The van der Waals surface area contributed by atoms with E-state index in [1.54, 1.807) is 24.2 Å². The lowest BCUT2D eigenvalue weighted by Gasteiger charge is -2.11. The highest BCUT2D eigenvalue weighted by atomic mass is 32.2. The van der Waals surface area contributed by atoms with Crippen molar-refractivity contribution in [2.24, 2.45) is 0 Å². The lowest BCUT2D eigenvalue weighted by atomic mass is 10.0. The number of aromatic nitrogens is 1. The minimum atomic E-state index is -0.0456. The molecule has 2 aromatic rings. The van der Waals surface area contributed by atoms with Crippen molar-refractivity contribution in [1.29, 1.82) is 0 Å². The quantitative estimate of drug-likeness (QED) is 0.604. The van der Waals surface area contributed by atoms with Crippen molar-refractivity contribution in [3.8, 4) is 0 Å². The third kappa shape index (κ3) is 5.37. The van der Waals surface area contributed by atoms with E-state index in [1.807, 2.05) is 32.0 Å². The Labute approximate surface area is 141 Å². The van der Waals surface area contributed by atoms with Crippen molar-refractivity contribution in [3.63, 3.8) is 0 Å². The average Bonchev–Trinajstić information content (AvgIpc) is 2.53. The molecule has 2 rings (SSSR count). The van der Waals surface area contributed by atoms with E-state index in [0.717, 1.165) is 39.4 Å². The number of pyridine rings is 1. The highest BCUT2D eigenvalue weighted by Gasteiger charge is 2.10. The van der Waals surface area contributed by atoms with Crippen LogP contribution in [0.4, 0.5) is 5.69 Å². The normalized spacial score (nSPS) is 10.6. The van der Waals surface area contributed by atoms with E-state index < -0.39 is 0 Å². The van der Waals surface area contributed by atoms with Gasteiger partial charge in [-0.25, -0.2) is 0 Å². The number of nitrogens with one attached hydrogen (secondary N) is 1. The van der Waals surface area contributed by atoms with Gasteiger partial charge in [-0.2, -0.15) is 0 Å². The molecule has 0 aliphatic heterocycles. The molecule has 4 nitrogen and oxygen atoms in total. The van der Waals surface area contributed by atoms with Crippen LogP contribution in [0, 0.1) is 13.8 Å². The van der Waals surface area contributed by atoms with E-state index in [9.17, 15) is 4.79 Å². The standard InChI is InChI=1S/C18H22N2O2S/c1-13-4-5-14(2)15(10-13)11-18(22)20-16-12-19-7-6-17(16)23-9-3-8-21/h4-7,10,12,21H,3,8-9,11H2,1-2H3,(H,20,22). The Kier molecular flexibility index (Phi) is 6.62. The molecule has 1 heterocycles. The predicted octanol–water partition coefficient (Wildman–Crippen LogP) is 3.35. The summed E-state index contributed by atoms with van der Waals surface area (Å²) in [4.78, 5) is 17.4. The van der Waals surface area contributed by atoms with E-state index in [2.05, 4.69) is 16.4 Å². The average molecular weight is 330 g/mol. The van der Waals surface area contributed by atoms with Crippen molar-refractivity contribution in [3.05, 3.63) is 53.3 Å². The number of carbonyl (C=O) groups excluding carboxylic acids is 1. The molecule has 1 aromatic heterocycles. The van der Waals surface area contributed by atoms with E-state index in [1.165, 1.54) is 0 Å². The maximum atomic E-state index is 12.3. The number of aliphatic hydroxyl groups is 1. The van der Waals surface area contributed by atoms with Gasteiger partial charge in [0.15, 0.2) is 0 Å². The predicted molar refractivity (Wildman–Crippen MR) is 94.9 cm³/mol. The summed E-state index contributed by atoms with van der Waals surface area (Å²) in [6.07, 6.45) is 4.45. The first-order valence-corrected chi connectivity index (χ1v) is 8.62. The van der Waals surface area contributed by atoms with Crippen LogP contribution in [-0.4, -0.2) is 28.4 Å². The topological polar surface area (TPSA) is 62.2 Å². The minimum Gasteiger partial charge on any atom is -0.396 e. The molecule has 0 aliphatic rings. The van der Waals surface area contributed by atoms with E-state index >= 15 is 0 Å². The van der Waals surface area contributed by atoms with Gasteiger partial charge in [-0.1, -0.05) is 23.8 Å². The van der Waals surface area contributed by atoms with Gasteiger partial charge in [-0.15, -0.1) is 11.8 Å². The molecule has 0 spiro atoms. The number of thioether (sulfide) groups is 1. The molecule has 0 radical (unpaired) electrons. The van der Waals surface area contributed by atoms with Crippen molar-refractivity contribution < 1.29 is 9.90 Å². The molecule has 0 saturated carbocycles. The Morgan fingerprint density at radius 2 is 2.13 bits per heavy atom. The Bertz CT molecular complexity index is 674. The summed E-state index contributed by atoms with van der Waals surface area (Å²) in [5, 5.41) is 11.8. The van der Waals surface area contributed by atoms with Gasteiger partial charge in [0.1, 0.15) is 0 Å². The first kappa shape index (κ1) is 17.5. The highest BCUT2D eigenvalue weighted by molar-refractivity contribution is 7.99. The van der Waals surface area contributed by atoms with Gasteiger partial charge in [0.25, 0.3) is 0 Å². The second-order valence-corrected chi connectivity index (χ2v) is 6.59. The molecule has 5 heteroatoms. The molecule has 23 heavy (non-hydrogen) atoms. The van der Waals surface area contributed by atoms with Crippen LogP contribution in [0.15, 0.2) is 41.6 Å². The maximum absolute atomic E-state index is 12.3. The zero-order valence-corrected chi connectivity index (χ0v) is 14.3. The van der Waals surface area contributed by atoms with Crippen LogP contribution in [0.3, 0.4) is 0 Å². The smallest absolute Gasteiger partial charge is 0.228 e. The van der Waals surface area contributed by atoms with Crippen LogP contribution in [0.1, 0.15) is 23.1 Å². The zero-order chi connectivity index (χ0) is 16.7. The number of carbonyl (C=O) groups is 1. The number of nitrogens with zero attached hydrogens (tertiary/aromatic N) is 1. The number of anilines is 1. The summed E-state index contributed by atoms with van der Waals surface area (Å²) in [5.41, 5.74) is 4.04. The monoisotopic (exact) mass is 330 g/mol. The Morgan fingerprint density at radius 3 is 2.91 bits per heavy atom. The van der Waals surface area contributed by atoms with Crippen molar-refractivity contribution in [2.75, 3.05) is 17.7 Å². The van der Waals surface area contributed by atoms with Crippen LogP contribution < -0.4 is 5.32 Å². The third-order valence-electron chi connectivity index (χ3n) is 3.47. The van der Waals surface area contributed by atoms with Gasteiger partial charge in [0, 0.05) is 23.5 Å². The maximum Gasteiger partial charge on any atom is 0.228 e. The summed E-state index contributed by atoms with van der Waals surface area (Å²) in [6, 6.07) is 8.02. The van der Waals surface area contributed by atoms with Crippen molar-refractivity contribution >= 4 is 23.4 Å². The fourth-order valence-electron chi connectivity index (χ4n) is 2.21. The molecule has 1 aromatic carbocycles. The largest absolute Gasteiger partial charge is 0.396 e. The van der Waals surface area contributed by atoms with Gasteiger partial charge in [0.2, 0.25) is 5.91 Å². The number of hydrogen-bond acceptors (Lipinski definition) is 4. The summed E-state index contributed by atoms with van der Waals surface area (Å²) in [6.45, 7) is 4.21. The van der Waals surface area contributed by atoms with E-state index in [0.29, 0.717) is 6.42 Å². The molecule has 0 fully saturated rings. The summed E-state index contributed by atoms with van der Waals surface area (Å²) < 4.78 is 0. The Hall–Kier alpha value is -1.85. The van der Waals surface area contributed by atoms with Crippen LogP contribution in [0.5, 0.6) is 0 Å². The Balaban J connectivity index is 2.04. The number of amides is 1. The second-order valence-electron chi connectivity index (χ2n) is 5.45. The molecule has 0 saturated heterocycles. The zero-order valence-electron chi connectivity index (χ0n) is 13.5. The van der Waals surface area contributed by atoms with Gasteiger partial charge in [0.05, 0.1) is 18.3 Å². The van der Waals surface area contributed by atoms with E-state index in [-0.39, 0.29) is 12.5 Å². The van der Waals surface area contributed by atoms with Gasteiger partial charge in [-0.05, 0) is 37.5 Å². The number of benzene rings is 1. The van der Waals surface area contributed by atoms with Crippen LogP contribution in [-0.2, 0) is 11.2 Å². The van der Waals surface area contributed by atoms with Crippen LogP contribution in [0.25, 0.3) is 0 Å². The van der Waals surface area contributed by atoms with Crippen molar-refractivity contribution in [1.82, 2.24) is 4.98 Å². The van der Waals surface area contributed by atoms with Gasteiger partial charge in [-0.3, -0.25) is 9.78 Å². The Morgan fingerprint density at radius 1 is 1.30 bits per heavy atom. The second kappa shape index (κ2) is 8.70. The molecule has 1 amide bonds. The molecule has 122 valence electrons. The number of aryl methyl sites for hydroxylation is 2. The number of hydrogen-bond donors (Lipinski definition) is 2. The number of aliphatic hydroxyl groups excluding tert-OH is 1. The SMILES string of the molecule is Cc1ccc(C)c(CC(=O)Nc2cnccc2SCCCO)c1. The van der Waals surface area contributed by atoms with E-state index in [4.69, 9.17) is 5.11 Å². The first-order valence-electron chi connectivity index (χ1n) is 7.64. The fourth-order valence-corrected chi connectivity index (χ4v) is 3.12. The van der Waals surface area contributed by atoms with Gasteiger partial charge >= 0.3 is 0 Å². The number of rotatable bonds is 7. The highest BCUT2D eigenvalue weighted by Crippen LogP contribution is 2.26. The third-order valence-corrected chi connectivity index (χ3v) is 4.63. The first-order chi connectivity index (χ1) is 11.1. The molecule has 0 unspecified atom stereocenters. The molecule has 0 atom stereocenters. The van der Waals surface area contributed by atoms with Crippen LogP contribution >= 0.6 is 11.8 Å². The molecular formula is C18H22N2O2S. The van der Waals surface area contributed by atoms with Gasteiger partial charge < -0.3 is 10.4 Å². The minimum absolute atomic E-state index is 0.0456. The molecule has 0 bridgehead atoms. The summed E-state index contributed by atoms with van der Waals surface area (Å²) in [5.74, 6) is 0.760. The fraction of sp³-hybridized carbons (Fsp3) is 0.333. The molecule has 0 aliphatic carbocycles. The molecular weight excluding hydrogens is 308 g/mol. The summed E-state index contributed by atoms with van der Waals surface area (Å²) in [7, 11) is 0.